The Morgan fingerprint density at radius 2 is 1.00 bits per heavy atom. The van der Waals surface area contributed by atoms with Gasteiger partial charge in [-0.2, -0.15) is 0 Å². The van der Waals surface area contributed by atoms with Crippen LogP contribution in [-0.2, 0) is 40.1 Å². The molecule has 4 aromatic rings. The van der Waals surface area contributed by atoms with Gasteiger partial charge in [0.15, 0.2) is 0 Å². The van der Waals surface area contributed by atoms with Crippen LogP contribution in [0.3, 0.4) is 0 Å². The Labute approximate surface area is 229 Å². The molecule has 188 valence electrons. The number of carbonyl (C=O) groups excluding carboxylic acids is 2. The number of rotatable bonds is 4. The maximum Gasteiger partial charge on any atom is 0.330 e. The summed E-state index contributed by atoms with van der Waals surface area (Å²) in [5, 5.41) is 2.46. The summed E-state index contributed by atoms with van der Waals surface area (Å²) in [5.41, 5.74) is 6.05. The molecule has 37 heavy (non-hydrogen) atoms. The third kappa shape index (κ3) is 6.75. The molecule has 0 spiro atoms. The van der Waals surface area contributed by atoms with Gasteiger partial charge in [0.05, 0.1) is 37.0 Å². The molecular formula is C30H24N2O4Pt. The molecule has 1 aliphatic carbocycles. The van der Waals surface area contributed by atoms with Crippen molar-refractivity contribution in [3.63, 3.8) is 0 Å². The average molecular weight is 672 g/mol. The number of nitrogens with zero attached hydrogens (tertiary/aromatic N) is 2. The van der Waals surface area contributed by atoms with Gasteiger partial charge in [-0.3, -0.25) is 0 Å². The van der Waals surface area contributed by atoms with Gasteiger partial charge in [-0.05, 0) is 29.7 Å². The van der Waals surface area contributed by atoms with Gasteiger partial charge in [0.25, 0.3) is 0 Å². The van der Waals surface area contributed by atoms with Crippen LogP contribution in [0.5, 0.6) is 0 Å². The summed E-state index contributed by atoms with van der Waals surface area (Å²) in [6.07, 6.45) is 1.98. The molecule has 0 saturated heterocycles. The van der Waals surface area contributed by atoms with E-state index >= 15 is 0 Å². The quantitative estimate of drug-likeness (QED) is 0.198. The largest absolute Gasteiger partial charge is 0.466 e. The van der Waals surface area contributed by atoms with Gasteiger partial charge in [0.2, 0.25) is 0 Å². The van der Waals surface area contributed by atoms with Gasteiger partial charge < -0.3 is 9.47 Å². The normalized spacial score (nSPS) is 13.7. The van der Waals surface area contributed by atoms with Crippen LogP contribution in [0.1, 0.15) is 11.1 Å². The van der Waals surface area contributed by atoms with Crippen LogP contribution >= 0.6 is 0 Å². The van der Waals surface area contributed by atoms with Crippen molar-refractivity contribution in [1.29, 1.82) is 0 Å². The zero-order valence-electron chi connectivity index (χ0n) is 20.2. The molecule has 0 aliphatic heterocycles. The molecular weight excluding hydrogens is 647 g/mol. The third-order valence-electron chi connectivity index (χ3n) is 5.39. The van der Waals surface area contributed by atoms with Gasteiger partial charge in [-0.1, -0.05) is 72.8 Å². The average Bonchev–Trinajstić information content (AvgIpc) is 3.22. The van der Waals surface area contributed by atoms with Gasteiger partial charge >= 0.3 is 11.9 Å². The van der Waals surface area contributed by atoms with Crippen LogP contribution in [0.15, 0.2) is 119 Å². The summed E-state index contributed by atoms with van der Waals surface area (Å²) in [6, 6.07) is 32.9. The molecule has 0 unspecified atom stereocenters. The predicted molar refractivity (Wildman–Crippen MR) is 142 cm³/mol. The topological polar surface area (TPSA) is 77.3 Å². The maximum atomic E-state index is 10.3. The van der Waals surface area contributed by atoms with E-state index in [9.17, 15) is 9.59 Å². The van der Waals surface area contributed by atoms with Gasteiger partial charge in [0, 0.05) is 49.7 Å². The number of methoxy groups -OCH3 is 2. The number of carbonyl (C=O) groups is 2. The first-order chi connectivity index (χ1) is 17.6. The fourth-order valence-corrected chi connectivity index (χ4v) is 3.75. The number of para-hydroxylation sites is 2. The zero-order valence-corrected chi connectivity index (χ0v) is 22.5. The summed E-state index contributed by atoms with van der Waals surface area (Å²) in [5.74, 6) is -1.16. The molecule has 7 heteroatoms. The molecule has 0 heterocycles. The van der Waals surface area contributed by atoms with E-state index in [0.717, 1.165) is 46.1 Å². The molecule has 6 nitrogen and oxygen atoms in total. The number of hydrogen-bond donors (Lipinski definition) is 0. The van der Waals surface area contributed by atoms with Crippen LogP contribution in [-0.4, -0.2) is 37.6 Å². The van der Waals surface area contributed by atoms with E-state index in [0.29, 0.717) is 0 Å². The summed E-state index contributed by atoms with van der Waals surface area (Å²) in [6.45, 7) is 0. The first kappa shape index (κ1) is 27.4. The molecule has 5 rings (SSSR count). The van der Waals surface area contributed by atoms with Gasteiger partial charge in [-0.15, -0.1) is 0 Å². The number of ether oxygens (including phenoxy) is 2. The number of aliphatic imine (C=N–C) groups is 2. The zero-order chi connectivity index (χ0) is 25.3. The van der Waals surface area contributed by atoms with E-state index in [1.807, 2.05) is 60.7 Å². The summed E-state index contributed by atoms with van der Waals surface area (Å²) < 4.78 is 8.42. The Morgan fingerprint density at radius 3 is 1.38 bits per heavy atom. The summed E-state index contributed by atoms with van der Waals surface area (Å²) in [7, 11) is 2.45. The second-order valence-electron chi connectivity index (χ2n) is 7.68. The van der Waals surface area contributed by atoms with Gasteiger partial charge in [-0.25, -0.2) is 19.6 Å². The van der Waals surface area contributed by atoms with Crippen LogP contribution < -0.4 is 0 Å². The van der Waals surface area contributed by atoms with Gasteiger partial charge in [0.1, 0.15) is 0 Å². The van der Waals surface area contributed by atoms with E-state index in [2.05, 4.69) is 45.9 Å². The predicted octanol–water partition coefficient (Wildman–Crippen LogP) is 5.98. The number of benzene rings is 4. The van der Waals surface area contributed by atoms with Crippen molar-refractivity contribution < 1.29 is 40.1 Å². The van der Waals surface area contributed by atoms with Crippen LogP contribution in [0.4, 0.5) is 11.4 Å². The minimum absolute atomic E-state index is 0. The minimum Gasteiger partial charge on any atom is -0.466 e. The smallest absolute Gasteiger partial charge is 0.330 e. The van der Waals surface area contributed by atoms with E-state index in [-0.39, 0.29) is 21.1 Å². The Hall–Kier alpha value is -4.15. The molecule has 0 N–H and O–H groups in total. The first-order valence-electron chi connectivity index (χ1n) is 11.2. The molecule has 0 radical (unpaired) electrons. The molecule has 1 aliphatic rings. The Balaban J connectivity index is 0.000000298. The van der Waals surface area contributed by atoms with Crippen molar-refractivity contribution in [2.24, 2.45) is 9.98 Å². The molecule has 0 aromatic heterocycles. The minimum atomic E-state index is -0.578. The molecule has 0 amide bonds. The molecule has 0 bridgehead atoms. The fourth-order valence-electron chi connectivity index (χ4n) is 3.75. The van der Waals surface area contributed by atoms with Crippen molar-refractivity contribution in [2.45, 2.75) is 0 Å². The fraction of sp³-hybridized carbons (Fsp3) is 0.0667. The number of hydrogen-bond acceptors (Lipinski definition) is 6. The molecule has 0 fully saturated rings. The SMILES string of the molecule is COC(=O)C=CC(=O)OC.[Pt].c1ccc(N=C2C(=Nc3ccccc3)c3cccc4cccc2c34)cc1. The van der Waals surface area contributed by atoms with E-state index in [1.54, 1.807) is 0 Å². The molecule has 0 saturated carbocycles. The Kier molecular flexibility index (Phi) is 9.82. The second kappa shape index (κ2) is 13.2. The number of esters is 2. The van der Waals surface area contributed by atoms with Crippen molar-refractivity contribution >= 4 is 45.5 Å². The van der Waals surface area contributed by atoms with E-state index in [1.165, 1.54) is 25.0 Å². The van der Waals surface area contributed by atoms with E-state index < -0.39 is 11.9 Å². The van der Waals surface area contributed by atoms with Crippen LogP contribution in [0, 0.1) is 0 Å². The van der Waals surface area contributed by atoms with E-state index in [4.69, 9.17) is 9.98 Å². The summed E-state index contributed by atoms with van der Waals surface area (Å²) >= 11 is 0. The van der Waals surface area contributed by atoms with Crippen LogP contribution in [0.25, 0.3) is 10.8 Å². The van der Waals surface area contributed by atoms with Crippen molar-refractivity contribution in [2.75, 3.05) is 14.2 Å². The molecule has 4 aromatic carbocycles. The van der Waals surface area contributed by atoms with Crippen molar-refractivity contribution in [1.82, 2.24) is 0 Å². The standard InChI is InChI=1S/C24H16N2.C6H8O4.Pt/c1-3-11-18(12-4-1)25-23-20-15-7-9-17-10-8-16-21(22(17)20)24(23)26-19-13-5-2-6-14-19;1-9-5(7)3-4-6(8)10-2;/h1-16H;3-4H,1-2H3;. The maximum absolute atomic E-state index is 10.3. The Bertz CT molecular complexity index is 1370. The third-order valence-corrected chi connectivity index (χ3v) is 5.39. The second-order valence-corrected chi connectivity index (χ2v) is 7.68. The molecule has 0 atom stereocenters. The summed E-state index contributed by atoms with van der Waals surface area (Å²) in [4.78, 5) is 30.6. The Morgan fingerprint density at radius 1 is 0.595 bits per heavy atom. The van der Waals surface area contributed by atoms with Crippen molar-refractivity contribution in [3.05, 3.63) is 120 Å². The van der Waals surface area contributed by atoms with Crippen LogP contribution in [0.2, 0.25) is 0 Å². The monoisotopic (exact) mass is 671 g/mol. The first-order valence-corrected chi connectivity index (χ1v) is 11.2. The van der Waals surface area contributed by atoms with Crippen molar-refractivity contribution in [3.8, 4) is 0 Å².